The van der Waals surface area contributed by atoms with Crippen molar-refractivity contribution in [3.05, 3.63) is 65.7 Å². The molecule has 2 rings (SSSR count). The Bertz CT molecular complexity index is 698. The second-order valence-electron chi connectivity index (χ2n) is 6.01. The molecule has 138 valence electrons. The number of amides is 1. The van der Waals surface area contributed by atoms with Gasteiger partial charge in [-0.1, -0.05) is 37.3 Å². The third kappa shape index (κ3) is 6.59. The van der Waals surface area contributed by atoms with Gasteiger partial charge in [-0.15, -0.1) is 0 Å². The molecule has 0 bridgehead atoms. The fraction of sp³-hybridized carbons (Fsp3) is 0.333. The topological polar surface area (TPSA) is 64.6 Å². The number of hydrogen-bond acceptors (Lipinski definition) is 4. The molecule has 1 atom stereocenters. The van der Waals surface area contributed by atoms with E-state index in [1.807, 2.05) is 44.2 Å². The molecule has 2 aromatic carbocycles. The second kappa shape index (κ2) is 10.2. The highest BCUT2D eigenvalue weighted by Crippen LogP contribution is 2.12. The van der Waals surface area contributed by atoms with Crippen molar-refractivity contribution in [2.45, 2.75) is 32.8 Å². The van der Waals surface area contributed by atoms with Gasteiger partial charge in [0.15, 0.2) is 6.61 Å². The predicted molar refractivity (Wildman–Crippen MR) is 100 cm³/mol. The van der Waals surface area contributed by atoms with Gasteiger partial charge < -0.3 is 14.8 Å². The third-order valence-corrected chi connectivity index (χ3v) is 3.92. The number of carbonyl (C=O) groups excluding carboxylic acids is 2. The summed E-state index contributed by atoms with van der Waals surface area (Å²) < 4.78 is 10.5. The molecule has 1 N–H and O–H groups in total. The first-order valence-corrected chi connectivity index (χ1v) is 8.83. The van der Waals surface area contributed by atoms with Crippen LogP contribution in [0.1, 0.15) is 36.2 Å². The zero-order valence-corrected chi connectivity index (χ0v) is 15.2. The zero-order valence-electron chi connectivity index (χ0n) is 15.2. The lowest BCUT2D eigenvalue weighted by atomic mass is 10.1. The van der Waals surface area contributed by atoms with Crippen molar-refractivity contribution in [2.24, 2.45) is 0 Å². The van der Waals surface area contributed by atoms with Crippen molar-refractivity contribution < 1.29 is 19.1 Å². The number of ether oxygens (including phenoxy) is 2. The summed E-state index contributed by atoms with van der Waals surface area (Å²) in [5.41, 5.74) is 1.73. The maximum absolute atomic E-state index is 12.1. The number of esters is 1. The van der Waals surface area contributed by atoms with Crippen molar-refractivity contribution >= 4 is 11.9 Å². The SMILES string of the molecule is CCC(C)OC(=O)COc1ccc(C(=O)NCCc2ccccc2)cc1. The maximum atomic E-state index is 12.1. The second-order valence-corrected chi connectivity index (χ2v) is 6.01. The minimum atomic E-state index is -0.401. The summed E-state index contributed by atoms with van der Waals surface area (Å²) in [7, 11) is 0. The van der Waals surface area contributed by atoms with Crippen molar-refractivity contribution in [3.8, 4) is 5.75 Å². The smallest absolute Gasteiger partial charge is 0.344 e. The molecule has 0 aromatic heterocycles. The van der Waals surface area contributed by atoms with Crippen LogP contribution in [-0.4, -0.2) is 31.1 Å². The zero-order chi connectivity index (χ0) is 18.8. The molecule has 0 heterocycles. The first-order chi connectivity index (χ1) is 12.6. The Labute approximate surface area is 154 Å². The largest absolute Gasteiger partial charge is 0.482 e. The van der Waals surface area contributed by atoms with Gasteiger partial charge in [-0.25, -0.2) is 4.79 Å². The van der Waals surface area contributed by atoms with Crippen LogP contribution in [0.2, 0.25) is 0 Å². The van der Waals surface area contributed by atoms with E-state index in [-0.39, 0.29) is 18.6 Å². The molecule has 5 nitrogen and oxygen atoms in total. The fourth-order valence-corrected chi connectivity index (χ4v) is 2.25. The predicted octanol–water partition coefficient (Wildman–Crippen LogP) is 3.38. The first kappa shape index (κ1) is 19.5. The van der Waals surface area contributed by atoms with Gasteiger partial charge in [-0.3, -0.25) is 4.79 Å². The number of rotatable bonds is 9. The summed E-state index contributed by atoms with van der Waals surface area (Å²) in [6.07, 6.45) is 1.43. The molecule has 5 heteroatoms. The molecule has 1 unspecified atom stereocenters. The molecule has 1 amide bonds. The number of hydrogen-bond donors (Lipinski definition) is 1. The van der Waals surface area contributed by atoms with Crippen LogP contribution in [0.4, 0.5) is 0 Å². The molecular formula is C21H25NO4. The van der Waals surface area contributed by atoms with E-state index in [1.54, 1.807) is 24.3 Å². The average Bonchev–Trinajstić information content (AvgIpc) is 2.67. The fourth-order valence-electron chi connectivity index (χ4n) is 2.25. The summed E-state index contributed by atoms with van der Waals surface area (Å²) in [5.74, 6) is -0.0160. The van der Waals surface area contributed by atoms with Crippen molar-refractivity contribution in [2.75, 3.05) is 13.2 Å². The average molecular weight is 355 g/mol. The number of carbonyl (C=O) groups is 2. The van der Waals surface area contributed by atoms with Crippen LogP contribution in [0, 0.1) is 0 Å². The van der Waals surface area contributed by atoms with Crippen LogP contribution in [0.5, 0.6) is 5.75 Å². The quantitative estimate of drug-likeness (QED) is 0.701. The standard InChI is InChI=1S/C21H25NO4/c1-3-16(2)26-20(23)15-25-19-11-9-18(10-12-19)21(24)22-14-13-17-7-5-4-6-8-17/h4-12,16H,3,13-15H2,1-2H3,(H,22,24). The van der Waals surface area contributed by atoms with Gasteiger partial charge in [-0.2, -0.15) is 0 Å². The van der Waals surface area contributed by atoms with Gasteiger partial charge in [0.05, 0.1) is 6.10 Å². The highest BCUT2D eigenvalue weighted by molar-refractivity contribution is 5.94. The Morgan fingerprint density at radius 1 is 1.04 bits per heavy atom. The van der Waals surface area contributed by atoms with E-state index < -0.39 is 5.97 Å². The summed E-state index contributed by atoms with van der Waals surface area (Å²) in [5, 5.41) is 2.89. The molecule has 0 aliphatic rings. The molecule has 0 saturated carbocycles. The highest BCUT2D eigenvalue weighted by atomic mass is 16.6. The van der Waals surface area contributed by atoms with E-state index in [9.17, 15) is 9.59 Å². The van der Waals surface area contributed by atoms with Crippen LogP contribution in [-0.2, 0) is 16.0 Å². The van der Waals surface area contributed by atoms with Crippen LogP contribution in [0.25, 0.3) is 0 Å². The van der Waals surface area contributed by atoms with Crippen LogP contribution < -0.4 is 10.1 Å². The minimum Gasteiger partial charge on any atom is -0.482 e. The molecule has 0 aliphatic heterocycles. The van der Waals surface area contributed by atoms with Gasteiger partial charge in [0, 0.05) is 12.1 Å². The van der Waals surface area contributed by atoms with Crippen molar-refractivity contribution in [1.29, 1.82) is 0 Å². The molecule has 0 radical (unpaired) electrons. The maximum Gasteiger partial charge on any atom is 0.344 e. The monoisotopic (exact) mass is 355 g/mol. The Morgan fingerprint density at radius 2 is 1.73 bits per heavy atom. The summed E-state index contributed by atoms with van der Waals surface area (Å²) >= 11 is 0. The van der Waals surface area contributed by atoms with Gasteiger partial charge >= 0.3 is 5.97 Å². The lowest BCUT2D eigenvalue weighted by Crippen LogP contribution is -2.25. The minimum absolute atomic E-state index is 0.118. The lowest BCUT2D eigenvalue weighted by Gasteiger charge is -2.11. The molecule has 0 aliphatic carbocycles. The normalized spacial score (nSPS) is 11.5. The van der Waals surface area contributed by atoms with Gasteiger partial charge in [-0.05, 0) is 49.6 Å². The number of benzene rings is 2. The first-order valence-electron chi connectivity index (χ1n) is 8.83. The van der Waals surface area contributed by atoms with Gasteiger partial charge in [0.25, 0.3) is 5.91 Å². The Morgan fingerprint density at radius 3 is 2.38 bits per heavy atom. The molecule has 0 saturated heterocycles. The molecular weight excluding hydrogens is 330 g/mol. The number of nitrogens with one attached hydrogen (secondary N) is 1. The van der Waals surface area contributed by atoms with Gasteiger partial charge in [0.1, 0.15) is 5.75 Å². The lowest BCUT2D eigenvalue weighted by molar-refractivity contribution is -0.150. The van der Waals surface area contributed by atoms with Crippen LogP contribution in [0.3, 0.4) is 0 Å². The molecule has 2 aromatic rings. The summed E-state index contributed by atoms with van der Waals surface area (Å²) in [6.45, 7) is 4.21. The Kier molecular flexibility index (Phi) is 7.68. The van der Waals surface area contributed by atoms with Gasteiger partial charge in [0.2, 0.25) is 0 Å². The van der Waals surface area contributed by atoms with E-state index in [0.29, 0.717) is 17.9 Å². The van der Waals surface area contributed by atoms with E-state index in [2.05, 4.69) is 5.32 Å². The summed E-state index contributed by atoms with van der Waals surface area (Å²) in [6, 6.07) is 16.7. The van der Waals surface area contributed by atoms with E-state index in [1.165, 1.54) is 5.56 Å². The highest BCUT2D eigenvalue weighted by Gasteiger charge is 2.09. The third-order valence-electron chi connectivity index (χ3n) is 3.92. The Hall–Kier alpha value is -2.82. The Balaban J connectivity index is 1.75. The molecule has 26 heavy (non-hydrogen) atoms. The molecule has 0 spiro atoms. The van der Waals surface area contributed by atoms with Crippen LogP contribution >= 0.6 is 0 Å². The van der Waals surface area contributed by atoms with E-state index in [0.717, 1.165) is 12.8 Å². The van der Waals surface area contributed by atoms with Crippen molar-refractivity contribution in [1.82, 2.24) is 5.32 Å². The van der Waals surface area contributed by atoms with Crippen molar-refractivity contribution in [3.63, 3.8) is 0 Å². The summed E-state index contributed by atoms with van der Waals surface area (Å²) in [4.78, 5) is 23.7. The van der Waals surface area contributed by atoms with Crippen LogP contribution in [0.15, 0.2) is 54.6 Å². The van der Waals surface area contributed by atoms with E-state index in [4.69, 9.17) is 9.47 Å². The molecule has 0 fully saturated rings. The van der Waals surface area contributed by atoms with E-state index >= 15 is 0 Å².